The minimum atomic E-state index is -1.22. The Morgan fingerprint density at radius 2 is 1.84 bits per heavy atom. The van der Waals surface area contributed by atoms with E-state index in [1.165, 1.54) is 0 Å². The summed E-state index contributed by atoms with van der Waals surface area (Å²) < 4.78 is 39.4. The molecule has 0 bridgehead atoms. The van der Waals surface area contributed by atoms with Gasteiger partial charge in [-0.25, -0.2) is 13.2 Å². The summed E-state index contributed by atoms with van der Waals surface area (Å²) in [5.41, 5.74) is 1.50. The van der Waals surface area contributed by atoms with Gasteiger partial charge in [-0.1, -0.05) is 23.7 Å². The zero-order chi connectivity index (χ0) is 14.0. The van der Waals surface area contributed by atoms with E-state index in [2.05, 4.69) is 5.32 Å². The van der Waals surface area contributed by atoms with Crippen molar-refractivity contribution in [3.05, 3.63) is 63.9 Å². The van der Waals surface area contributed by atoms with Gasteiger partial charge in [0.05, 0.1) is 5.69 Å². The van der Waals surface area contributed by atoms with Gasteiger partial charge in [-0.3, -0.25) is 0 Å². The maximum Gasteiger partial charge on any atom is 0.182 e. The molecule has 0 radical (unpaired) electrons. The molecule has 2 rings (SSSR count). The predicted molar refractivity (Wildman–Crippen MR) is 69.8 cm³/mol. The Hall–Kier alpha value is -1.68. The van der Waals surface area contributed by atoms with Gasteiger partial charge in [-0.05, 0) is 24.1 Å². The SMILES string of the molecule is Cc1ccc(CNc2cc(F)cc(F)c2F)cc1Cl. The third-order valence-electron chi connectivity index (χ3n) is 2.71. The van der Waals surface area contributed by atoms with Gasteiger partial charge < -0.3 is 5.32 Å². The molecule has 0 fully saturated rings. The first-order chi connectivity index (χ1) is 8.97. The highest BCUT2D eigenvalue weighted by atomic mass is 35.5. The smallest absolute Gasteiger partial charge is 0.182 e. The molecule has 0 aliphatic carbocycles. The summed E-state index contributed by atoms with van der Waals surface area (Å²) in [5, 5.41) is 3.23. The van der Waals surface area contributed by atoms with Gasteiger partial charge >= 0.3 is 0 Å². The van der Waals surface area contributed by atoms with E-state index in [4.69, 9.17) is 11.6 Å². The molecule has 0 unspecified atom stereocenters. The maximum absolute atomic E-state index is 13.4. The Balaban J connectivity index is 2.16. The number of anilines is 1. The van der Waals surface area contributed by atoms with Crippen LogP contribution in [0, 0.1) is 24.4 Å². The van der Waals surface area contributed by atoms with Crippen molar-refractivity contribution in [3.8, 4) is 0 Å². The second-order valence-corrected chi connectivity index (χ2v) is 4.59. The Bertz CT molecular complexity index is 614. The van der Waals surface area contributed by atoms with E-state index < -0.39 is 17.5 Å². The van der Waals surface area contributed by atoms with E-state index in [9.17, 15) is 13.2 Å². The van der Waals surface area contributed by atoms with Crippen LogP contribution in [-0.4, -0.2) is 0 Å². The zero-order valence-electron chi connectivity index (χ0n) is 10.1. The van der Waals surface area contributed by atoms with E-state index in [1.54, 1.807) is 6.07 Å². The Morgan fingerprint density at radius 1 is 1.11 bits per heavy atom. The zero-order valence-corrected chi connectivity index (χ0v) is 10.9. The van der Waals surface area contributed by atoms with Gasteiger partial charge in [0.15, 0.2) is 11.6 Å². The number of hydrogen-bond donors (Lipinski definition) is 1. The summed E-state index contributed by atoms with van der Waals surface area (Å²) in [7, 11) is 0. The first-order valence-electron chi connectivity index (χ1n) is 5.61. The molecule has 0 saturated heterocycles. The normalized spacial score (nSPS) is 10.6. The molecule has 0 amide bonds. The molecular weight excluding hydrogens is 275 g/mol. The molecule has 2 aromatic rings. The van der Waals surface area contributed by atoms with Crippen molar-refractivity contribution in [2.45, 2.75) is 13.5 Å². The van der Waals surface area contributed by atoms with Crippen LogP contribution in [-0.2, 0) is 6.54 Å². The minimum Gasteiger partial charge on any atom is -0.378 e. The third-order valence-corrected chi connectivity index (χ3v) is 3.12. The van der Waals surface area contributed by atoms with E-state index in [0.29, 0.717) is 11.1 Å². The molecule has 1 nitrogen and oxygen atoms in total. The molecule has 5 heteroatoms. The van der Waals surface area contributed by atoms with Crippen molar-refractivity contribution in [2.24, 2.45) is 0 Å². The summed E-state index contributed by atoms with van der Waals surface area (Å²) in [6.07, 6.45) is 0. The Kier molecular flexibility index (Phi) is 4.00. The summed E-state index contributed by atoms with van der Waals surface area (Å²) >= 11 is 5.96. The number of aryl methyl sites for hydroxylation is 1. The number of halogens is 4. The van der Waals surface area contributed by atoms with Crippen molar-refractivity contribution in [2.75, 3.05) is 5.32 Å². The van der Waals surface area contributed by atoms with Crippen LogP contribution in [0.4, 0.5) is 18.9 Å². The van der Waals surface area contributed by atoms with Crippen LogP contribution in [0.3, 0.4) is 0 Å². The minimum absolute atomic E-state index is 0.214. The lowest BCUT2D eigenvalue weighted by molar-refractivity contribution is 0.497. The lowest BCUT2D eigenvalue weighted by Gasteiger charge is -2.09. The van der Waals surface area contributed by atoms with Gasteiger partial charge in [0.2, 0.25) is 0 Å². The highest BCUT2D eigenvalue weighted by molar-refractivity contribution is 6.31. The maximum atomic E-state index is 13.4. The van der Waals surface area contributed by atoms with E-state index in [-0.39, 0.29) is 12.2 Å². The highest BCUT2D eigenvalue weighted by Gasteiger charge is 2.10. The fourth-order valence-electron chi connectivity index (χ4n) is 1.63. The topological polar surface area (TPSA) is 12.0 Å². The lowest BCUT2D eigenvalue weighted by atomic mass is 10.1. The highest BCUT2D eigenvalue weighted by Crippen LogP contribution is 2.21. The molecule has 0 saturated carbocycles. The monoisotopic (exact) mass is 285 g/mol. The second kappa shape index (κ2) is 5.53. The summed E-state index contributed by atoms with van der Waals surface area (Å²) in [5.74, 6) is -3.15. The van der Waals surface area contributed by atoms with Gasteiger partial charge in [0.25, 0.3) is 0 Å². The van der Waals surface area contributed by atoms with Crippen LogP contribution in [0.5, 0.6) is 0 Å². The molecule has 0 spiro atoms. The fraction of sp³-hybridized carbons (Fsp3) is 0.143. The Labute approximate surface area is 114 Å². The molecule has 0 aromatic heterocycles. The second-order valence-electron chi connectivity index (χ2n) is 4.19. The number of hydrogen-bond acceptors (Lipinski definition) is 1. The van der Waals surface area contributed by atoms with Gasteiger partial charge in [-0.15, -0.1) is 0 Å². The van der Waals surface area contributed by atoms with E-state index in [0.717, 1.165) is 17.2 Å². The summed E-state index contributed by atoms with van der Waals surface area (Å²) in [4.78, 5) is 0. The number of rotatable bonds is 3. The number of nitrogens with one attached hydrogen (secondary N) is 1. The molecule has 0 aliphatic rings. The molecule has 1 N–H and O–H groups in total. The molecule has 0 aliphatic heterocycles. The van der Waals surface area contributed by atoms with Crippen LogP contribution >= 0.6 is 11.6 Å². The van der Waals surface area contributed by atoms with Crippen LogP contribution in [0.15, 0.2) is 30.3 Å². The fourth-order valence-corrected chi connectivity index (χ4v) is 1.83. The largest absolute Gasteiger partial charge is 0.378 e. The molecular formula is C14H11ClF3N. The predicted octanol–water partition coefficient (Wildman–Crippen LogP) is 4.68. The average molecular weight is 286 g/mol. The first-order valence-corrected chi connectivity index (χ1v) is 5.98. The van der Waals surface area contributed by atoms with Gasteiger partial charge in [0, 0.05) is 23.7 Å². The third kappa shape index (κ3) is 3.20. The molecule has 2 aromatic carbocycles. The average Bonchev–Trinajstić information content (AvgIpc) is 2.36. The van der Waals surface area contributed by atoms with Crippen molar-refractivity contribution in [1.29, 1.82) is 0 Å². The van der Waals surface area contributed by atoms with Crippen LogP contribution < -0.4 is 5.32 Å². The standard InChI is InChI=1S/C14H11ClF3N/c1-8-2-3-9(4-11(8)15)7-19-13-6-10(16)5-12(17)14(13)18/h2-6,19H,7H2,1H3. The van der Waals surface area contributed by atoms with Crippen LogP contribution in [0.2, 0.25) is 5.02 Å². The van der Waals surface area contributed by atoms with Crippen molar-refractivity contribution >= 4 is 17.3 Å². The van der Waals surface area contributed by atoms with Gasteiger partial charge in [0.1, 0.15) is 5.82 Å². The van der Waals surface area contributed by atoms with Crippen LogP contribution in [0.25, 0.3) is 0 Å². The summed E-state index contributed by atoms with van der Waals surface area (Å²) in [6, 6.07) is 6.76. The van der Waals surface area contributed by atoms with E-state index in [1.807, 2.05) is 19.1 Å². The molecule has 19 heavy (non-hydrogen) atoms. The van der Waals surface area contributed by atoms with Crippen LogP contribution in [0.1, 0.15) is 11.1 Å². The van der Waals surface area contributed by atoms with Crippen molar-refractivity contribution in [1.82, 2.24) is 0 Å². The van der Waals surface area contributed by atoms with Gasteiger partial charge in [-0.2, -0.15) is 0 Å². The Morgan fingerprint density at radius 3 is 2.53 bits per heavy atom. The number of benzene rings is 2. The van der Waals surface area contributed by atoms with Crippen molar-refractivity contribution in [3.63, 3.8) is 0 Å². The first kappa shape index (κ1) is 13.7. The molecule has 0 heterocycles. The molecule has 0 atom stereocenters. The summed E-state index contributed by atoms with van der Waals surface area (Å²) in [6.45, 7) is 2.08. The lowest BCUT2D eigenvalue weighted by Crippen LogP contribution is -2.03. The molecule has 100 valence electrons. The van der Waals surface area contributed by atoms with E-state index >= 15 is 0 Å². The van der Waals surface area contributed by atoms with Crippen molar-refractivity contribution < 1.29 is 13.2 Å². The quantitative estimate of drug-likeness (QED) is 0.808.